The number of alkyl halides is 3. The summed E-state index contributed by atoms with van der Waals surface area (Å²) in [5.74, 6) is -0.250. The van der Waals surface area contributed by atoms with Crippen LogP contribution >= 0.6 is 0 Å². The van der Waals surface area contributed by atoms with Gasteiger partial charge in [0.1, 0.15) is 6.04 Å². The summed E-state index contributed by atoms with van der Waals surface area (Å²) < 4.78 is 38.4. The summed E-state index contributed by atoms with van der Waals surface area (Å²) in [7, 11) is 1.61. The van der Waals surface area contributed by atoms with Crippen molar-refractivity contribution >= 4 is 11.6 Å². The van der Waals surface area contributed by atoms with Crippen LogP contribution < -0.4 is 5.32 Å². The van der Waals surface area contributed by atoms with Crippen LogP contribution in [0.25, 0.3) is 0 Å². The van der Waals surface area contributed by atoms with Crippen LogP contribution in [0.4, 0.5) is 18.9 Å². The number of para-hydroxylation sites is 1. The Morgan fingerprint density at radius 3 is 2.47 bits per heavy atom. The van der Waals surface area contributed by atoms with Crippen molar-refractivity contribution in [3.8, 4) is 0 Å². The number of hydrogen-bond donors (Lipinski definition) is 1. The Labute approximate surface area is 110 Å². The van der Waals surface area contributed by atoms with Crippen molar-refractivity contribution in [2.75, 3.05) is 18.9 Å². The standard InChI is InChI=1S/C13H17F3N2O/c1-4-18(3)12(19)9(2)17-11-8-6-5-7-10(11)13(14,15)16/h5-9,17H,4H2,1-3H3. The molecule has 19 heavy (non-hydrogen) atoms. The van der Waals surface area contributed by atoms with E-state index in [9.17, 15) is 18.0 Å². The molecular formula is C13H17F3N2O. The van der Waals surface area contributed by atoms with Gasteiger partial charge >= 0.3 is 6.18 Å². The fraction of sp³-hybridized carbons (Fsp3) is 0.462. The zero-order valence-electron chi connectivity index (χ0n) is 11.1. The maximum Gasteiger partial charge on any atom is 0.418 e. The quantitative estimate of drug-likeness (QED) is 0.915. The SMILES string of the molecule is CCN(C)C(=O)C(C)Nc1ccccc1C(F)(F)F. The van der Waals surface area contributed by atoms with E-state index in [0.717, 1.165) is 6.07 Å². The van der Waals surface area contributed by atoms with E-state index < -0.39 is 17.8 Å². The fourth-order valence-electron chi connectivity index (χ4n) is 1.64. The van der Waals surface area contributed by atoms with Crippen molar-refractivity contribution < 1.29 is 18.0 Å². The number of amides is 1. The topological polar surface area (TPSA) is 32.3 Å². The van der Waals surface area contributed by atoms with E-state index in [0.29, 0.717) is 6.54 Å². The lowest BCUT2D eigenvalue weighted by atomic mass is 10.1. The molecule has 0 aromatic heterocycles. The fourth-order valence-corrected chi connectivity index (χ4v) is 1.64. The molecule has 1 amide bonds. The summed E-state index contributed by atoms with van der Waals surface area (Å²) in [6, 6.07) is 4.41. The van der Waals surface area contributed by atoms with Gasteiger partial charge in [0, 0.05) is 19.3 Å². The first-order chi connectivity index (χ1) is 8.77. The second-order valence-electron chi connectivity index (χ2n) is 4.26. The highest BCUT2D eigenvalue weighted by Gasteiger charge is 2.33. The molecule has 0 saturated heterocycles. The number of carbonyl (C=O) groups is 1. The summed E-state index contributed by atoms with van der Waals surface area (Å²) in [5.41, 5.74) is -0.853. The Morgan fingerprint density at radius 2 is 1.95 bits per heavy atom. The molecule has 6 heteroatoms. The third-order valence-corrected chi connectivity index (χ3v) is 2.83. The van der Waals surface area contributed by atoms with Gasteiger partial charge in [0.2, 0.25) is 5.91 Å². The van der Waals surface area contributed by atoms with Crippen molar-refractivity contribution in [3.05, 3.63) is 29.8 Å². The highest BCUT2D eigenvalue weighted by atomic mass is 19.4. The second kappa shape index (κ2) is 5.95. The number of carbonyl (C=O) groups excluding carboxylic acids is 1. The van der Waals surface area contributed by atoms with E-state index in [1.54, 1.807) is 20.9 Å². The Balaban J connectivity index is 2.92. The van der Waals surface area contributed by atoms with Crippen LogP contribution in [0, 0.1) is 0 Å². The molecule has 106 valence electrons. The van der Waals surface area contributed by atoms with Crippen LogP contribution in [0.1, 0.15) is 19.4 Å². The normalized spacial score (nSPS) is 12.9. The molecule has 0 spiro atoms. The minimum Gasteiger partial charge on any atom is -0.373 e. The third-order valence-electron chi connectivity index (χ3n) is 2.83. The Kier molecular flexibility index (Phi) is 4.80. The van der Waals surface area contributed by atoms with Crippen LogP contribution in [0.15, 0.2) is 24.3 Å². The van der Waals surface area contributed by atoms with Crippen molar-refractivity contribution in [1.29, 1.82) is 0 Å². The smallest absolute Gasteiger partial charge is 0.373 e. The van der Waals surface area contributed by atoms with Crippen LogP contribution in [-0.2, 0) is 11.0 Å². The Morgan fingerprint density at radius 1 is 1.37 bits per heavy atom. The number of anilines is 1. The van der Waals surface area contributed by atoms with Crippen LogP contribution in [0.3, 0.4) is 0 Å². The average molecular weight is 274 g/mol. The van der Waals surface area contributed by atoms with E-state index in [1.807, 2.05) is 0 Å². The lowest BCUT2D eigenvalue weighted by molar-refractivity contribution is -0.137. The molecule has 0 bridgehead atoms. The summed E-state index contributed by atoms with van der Waals surface area (Å²) in [5, 5.41) is 2.62. The van der Waals surface area contributed by atoms with Gasteiger partial charge in [-0.2, -0.15) is 13.2 Å². The number of halogens is 3. The molecule has 0 radical (unpaired) electrons. The molecule has 0 aliphatic rings. The van der Waals surface area contributed by atoms with E-state index in [2.05, 4.69) is 5.32 Å². The number of benzene rings is 1. The predicted octanol–water partition coefficient (Wildman–Crippen LogP) is 2.98. The molecule has 0 aliphatic carbocycles. The zero-order valence-corrected chi connectivity index (χ0v) is 11.1. The summed E-state index contributed by atoms with van der Waals surface area (Å²) >= 11 is 0. The van der Waals surface area contributed by atoms with Gasteiger partial charge in [0.05, 0.1) is 5.56 Å². The van der Waals surface area contributed by atoms with Crippen LogP contribution in [0.5, 0.6) is 0 Å². The maximum atomic E-state index is 12.8. The van der Waals surface area contributed by atoms with Gasteiger partial charge in [-0.05, 0) is 26.0 Å². The highest BCUT2D eigenvalue weighted by molar-refractivity contribution is 5.84. The van der Waals surface area contributed by atoms with Gasteiger partial charge in [-0.1, -0.05) is 12.1 Å². The van der Waals surface area contributed by atoms with E-state index in [1.165, 1.54) is 23.1 Å². The highest BCUT2D eigenvalue weighted by Crippen LogP contribution is 2.34. The van der Waals surface area contributed by atoms with Gasteiger partial charge < -0.3 is 10.2 Å². The molecule has 0 aliphatic heterocycles. The number of rotatable bonds is 4. The first-order valence-electron chi connectivity index (χ1n) is 5.95. The monoisotopic (exact) mass is 274 g/mol. The molecule has 1 atom stereocenters. The first-order valence-corrected chi connectivity index (χ1v) is 5.95. The summed E-state index contributed by atoms with van der Waals surface area (Å²) in [6.07, 6.45) is -4.44. The third kappa shape index (κ3) is 3.87. The molecule has 0 heterocycles. The molecule has 3 nitrogen and oxygen atoms in total. The Bertz CT molecular complexity index is 446. The zero-order chi connectivity index (χ0) is 14.6. The van der Waals surface area contributed by atoms with Gasteiger partial charge in [-0.15, -0.1) is 0 Å². The minimum atomic E-state index is -4.44. The second-order valence-corrected chi connectivity index (χ2v) is 4.26. The largest absolute Gasteiger partial charge is 0.418 e. The van der Waals surface area contributed by atoms with Gasteiger partial charge in [0.15, 0.2) is 0 Å². The lowest BCUT2D eigenvalue weighted by Gasteiger charge is -2.23. The number of hydrogen-bond acceptors (Lipinski definition) is 2. The lowest BCUT2D eigenvalue weighted by Crippen LogP contribution is -2.39. The van der Waals surface area contributed by atoms with Gasteiger partial charge in [-0.25, -0.2) is 0 Å². The van der Waals surface area contributed by atoms with Crippen molar-refractivity contribution in [2.24, 2.45) is 0 Å². The Hall–Kier alpha value is -1.72. The summed E-state index contributed by atoms with van der Waals surface area (Å²) in [4.78, 5) is 13.3. The van der Waals surface area contributed by atoms with Crippen molar-refractivity contribution in [1.82, 2.24) is 4.90 Å². The maximum absolute atomic E-state index is 12.8. The minimum absolute atomic E-state index is 0.0830. The molecule has 1 aromatic rings. The van der Waals surface area contributed by atoms with E-state index >= 15 is 0 Å². The predicted molar refractivity (Wildman–Crippen MR) is 67.8 cm³/mol. The van der Waals surface area contributed by atoms with Crippen LogP contribution in [0.2, 0.25) is 0 Å². The van der Waals surface area contributed by atoms with Gasteiger partial charge in [0.25, 0.3) is 0 Å². The van der Waals surface area contributed by atoms with Crippen LogP contribution in [-0.4, -0.2) is 30.4 Å². The van der Waals surface area contributed by atoms with E-state index in [4.69, 9.17) is 0 Å². The number of nitrogens with one attached hydrogen (secondary N) is 1. The average Bonchev–Trinajstić information content (AvgIpc) is 2.36. The summed E-state index contributed by atoms with van der Waals surface area (Å²) in [6.45, 7) is 3.85. The molecule has 1 aromatic carbocycles. The molecule has 0 fully saturated rings. The molecule has 1 unspecified atom stereocenters. The molecule has 0 saturated carbocycles. The van der Waals surface area contributed by atoms with Crippen molar-refractivity contribution in [2.45, 2.75) is 26.1 Å². The number of likely N-dealkylation sites (N-methyl/N-ethyl adjacent to an activating group) is 1. The van der Waals surface area contributed by atoms with Gasteiger partial charge in [-0.3, -0.25) is 4.79 Å². The number of nitrogens with zero attached hydrogens (tertiary/aromatic N) is 1. The molecule has 1 N–H and O–H groups in total. The molecular weight excluding hydrogens is 257 g/mol. The molecule has 1 rings (SSSR count). The van der Waals surface area contributed by atoms with E-state index in [-0.39, 0.29) is 11.6 Å². The van der Waals surface area contributed by atoms with Crippen molar-refractivity contribution in [3.63, 3.8) is 0 Å². The first kappa shape index (κ1) is 15.3.